The number of hydrogen-bond donors (Lipinski definition) is 3. The van der Waals surface area contributed by atoms with Crippen LogP contribution >= 0.6 is 27.7 Å². The van der Waals surface area contributed by atoms with Crippen LogP contribution in [0.15, 0.2) is 28.7 Å². The lowest BCUT2D eigenvalue weighted by Crippen LogP contribution is -2.71. The number of hydrogen-bond acceptors (Lipinski definition) is 5. The molecule has 0 spiro atoms. The lowest BCUT2D eigenvalue weighted by atomic mass is 9.94. The van der Waals surface area contributed by atoms with Gasteiger partial charge in [0.2, 0.25) is 11.8 Å². The van der Waals surface area contributed by atoms with E-state index in [1.54, 1.807) is 32.0 Å². The topological polar surface area (TPSA) is 124 Å². The Morgan fingerprint density at radius 2 is 1.89 bits per heavy atom. The minimum Gasteiger partial charge on any atom is -0.480 e. The molecule has 1 aromatic rings. The molecule has 0 radical (unpaired) electrons. The van der Waals surface area contributed by atoms with Crippen molar-refractivity contribution in [3.8, 4) is 0 Å². The lowest BCUT2D eigenvalue weighted by Gasteiger charge is -2.43. The molecule has 3 N–H and O–H groups in total. The number of halogens is 1. The first kappa shape index (κ1) is 19.7. The van der Waals surface area contributed by atoms with E-state index in [9.17, 15) is 29.4 Å². The van der Waals surface area contributed by atoms with E-state index < -0.39 is 51.9 Å². The molecule has 0 aromatic heterocycles. The molecule has 2 aliphatic rings. The first-order chi connectivity index (χ1) is 12.6. The molecule has 2 aliphatic heterocycles. The van der Waals surface area contributed by atoms with Gasteiger partial charge in [-0.05, 0) is 25.5 Å². The normalized spacial score (nSPS) is 26.7. The number of benzene rings is 1. The average Bonchev–Trinajstić information content (AvgIpc) is 2.82. The molecule has 2 saturated heterocycles. The van der Waals surface area contributed by atoms with Gasteiger partial charge in [0.15, 0.2) is 5.92 Å². The summed E-state index contributed by atoms with van der Waals surface area (Å²) in [5.41, 5.74) is 0.272. The average molecular weight is 457 g/mol. The zero-order chi connectivity index (χ0) is 20.1. The summed E-state index contributed by atoms with van der Waals surface area (Å²) in [7, 11) is 0. The molecule has 0 aliphatic carbocycles. The van der Waals surface area contributed by atoms with E-state index in [0.29, 0.717) is 4.47 Å². The Labute approximate surface area is 167 Å². The molecule has 10 heteroatoms. The maximum absolute atomic E-state index is 12.6. The number of thioether (sulfide) groups is 1. The Morgan fingerprint density at radius 3 is 2.44 bits per heavy atom. The molecule has 4 atom stereocenters. The van der Waals surface area contributed by atoms with E-state index in [2.05, 4.69) is 21.2 Å². The van der Waals surface area contributed by atoms with Crippen LogP contribution in [-0.2, 0) is 19.2 Å². The molecular weight excluding hydrogens is 440 g/mol. The highest BCUT2D eigenvalue weighted by Crippen LogP contribution is 2.50. The van der Waals surface area contributed by atoms with E-state index in [0.717, 1.165) is 0 Å². The quantitative estimate of drug-likeness (QED) is 0.449. The Kier molecular flexibility index (Phi) is 4.98. The number of β-lactam (4-membered cyclic amide) rings is 1. The van der Waals surface area contributed by atoms with Crippen LogP contribution in [0.25, 0.3) is 0 Å². The summed E-state index contributed by atoms with van der Waals surface area (Å²) in [6, 6.07) is 4.52. The fraction of sp³-hybridized carbons (Fsp3) is 0.412. The standard InChI is InChI=1S/C17H17BrN2O6S/c1-17(2)11(16(25)26)20-13(22)10(14(20)27-17)19-12(21)9(15(23)24)7-5-3-4-6-8(7)18/h3-6,9-11,14H,1-2H3,(H,19,21)(H,23,24)(H,25,26)/t9?,10-,11+,14-/m1/s1. The second-order valence-corrected chi connectivity index (χ2v) is 9.50. The molecule has 0 bridgehead atoms. The summed E-state index contributed by atoms with van der Waals surface area (Å²) < 4.78 is -0.253. The highest BCUT2D eigenvalue weighted by atomic mass is 79.9. The summed E-state index contributed by atoms with van der Waals surface area (Å²) in [6.07, 6.45) is 0. The summed E-state index contributed by atoms with van der Waals surface area (Å²) >= 11 is 4.52. The Bertz CT molecular complexity index is 844. The van der Waals surface area contributed by atoms with Gasteiger partial charge in [0.1, 0.15) is 17.5 Å². The van der Waals surface area contributed by atoms with Crippen LogP contribution in [0, 0.1) is 0 Å². The lowest BCUT2D eigenvalue weighted by molar-refractivity contribution is -0.161. The Morgan fingerprint density at radius 1 is 1.26 bits per heavy atom. The molecule has 27 heavy (non-hydrogen) atoms. The van der Waals surface area contributed by atoms with Gasteiger partial charge < -0.3 is 20.4 Å². The van der Waals surface area contributed by atoms with Gasteiger partial charge in [0.25, 0.3) is 0 Å². The number of aliphatic carboxylic acids is 2. The third-order valence-electron chi connectivity index (χ3n) is 4.70. The number of fused-ring (bicyclic) bond motifs is 1. The van der Waals surface area contributed by atoms with Gasteiger partial charge in [-0.2, -0.15) is 0 Å². The number of carbonyl (C=O) groups is 4. The number of carboxylic acid groups (broad SMARTS) is 2. The van der Waals surface area contributed by atoms with Crippen molar-refractivity contribution in [2.75, 3.05) is 0 Å². The number of nitrogens with one attached hydrogen (secondary N) is 1. The van der Waals surface area contributed by atoms with Crippen molar-refractivity contribution in [2.24, 2.45) is 0 Å². The van der Waals surface area contributed by atoms with E-state index in [1.165, 1.54) is 22.7 Å². The highest BCUT2D eigenvalue weighted by molar-refractivity contribution is 9.10. The van der Waals surface area contributed by atoms with E-state index in [4.69, 9.17) is 0 Å². The third-order valence-corrected chi connectivity index (χ3v) is 6.99. The fourth-order valence-electron chi connectivity index (χ4n) is 3.48. The molecule has 1 unspecified atom stereocenters. The fourth-order valence-corrected chi connectivity index (χ4v) is 5.62. The number of rotatable bonds is 5. The molecule has 2 amide bonds. The zero-order valence-corrected chi connectivity index (χ0v) is 16.8. The zero-order valence-electron chi connectivity index (χ0n) is 14.4. The Balaban J connectivity index is 1.81. The Hall–Kier alpha value is -2.07. The first-order valence-electron chi connectivity index (χ1n) is 8.06. The number of carbonyl (C=O) groups excluding carboxylic acids is 2. The van der Waals surface area contributed by atoms with Gasteiger partial charge in [-0.1, -0.05) is 34.1 Å². The van der Waals surface area contributed by atoms with Gasteiger partial charge in [-0.15, -0.1) is 11.8 Å². The smallest absolute Gasteiger partial charge is 0.327 e. The van der Waals surface area contributed by atoms with Crippen LogP contribution < -0.4 is 5.32 Å². The first-order valence-corrected chi connectivity index (χ1v) is 9.74. The predicted molar refractivity (Wildman–Crippen MR) is 100 cm³/mol. The van der Waals surface area contributed by atoms with Gasteiger partial charge in [-0.3, -0.25) is 14.4 Å². The minimum atomic E-state index is -1.49. The van der Waals surface area contributed by atoms with Crippen molar-refractivity contribution in [1.29, 1.82) is 0 Å². The molecule has 144 valence electrons. The molecular formula is C17H17BrN2O6S. The number of nitrogens with zero attached hydrogens (tertiary/aromatic N) is 1. The van der Waals surface area contributed by atoms with Crippen LogP contribution in [0.1, 0.15) is 25.3 Å². The molecule has 2 fully saturated rings. The highest BCUT2D eigenvalue weighted by Gasteiger charge is 2.64. The van der Waals surface area contributed by atoms with E-state index in [-0.39, 0.29) is 5.56 Å². The van der Waals surface area contributed by atoms with Crippen LogP contribution in [0.2, 0.25) is 0 Å². The second kappa shape index (κ2) is 6.83. The van der Waals surface area contributed by atoms with Crippen LogP contribution in [0.5, 0.6) is 0 Å². The minimum absolute atomic E-state index is 0.272. The predicted octanol–water partition coefficient (Wildman–Crippen LogP) is 1.25. The molecule has 1 aromatic carbocycles. The van der Waals surface area contributed by atoms with Crippen molar-refractivity contribution >= 4 is 51.4 Å². The van der Waals surface area contributed by atoms with Gasteiger partial charge in [0, 0.05) is 9.22 Å². The molecule has 8 nitrogen and oxygen atoms in total. The molecule has 3 rings (SSSR count). The van der Waals surface area contributed by atoms with E-state index in [1.807, 2.05) is 0 Å². The van der Waals surface area contributed by atoms with Crippen LogP contribution in [-0.4, -0.2) is 61.1 Å². The van der Waals surface area contributed by atoms with E-state index >= 15 is 0 Å². The largest absolute Gasteiger partial charge is 0.480 e. The number of carboxylic acids is 2. The second-order valence-electron chi connectivity index (χ2n) is 6.88. The SMILES string of the molecule is CC1(C)S[C@@H]2[C@H](NC(=O)C(C(=O)O)c3ccccc3Br)C(=O)N2[C@H]1C(=O)O. The maximum atomic E-state index is 12.6. The number of amides is 2. The van der Waals surface area contributed by atoms with Crippen LogP contribution in [0.3, 0.4) is 0 Å². The van der Waals surface area contributed by atoms with Crippen molar-refractivity contribution in [2.45, 2.75) is 42.0 Å². The van der Waals surface area contributed by atoms with Crippen molar-refractivity contribution < 1.29 is 29.4 Å². The summed E-state index contributed by atoms with van der Waals surface area (Å²) in [6.45, 7) is 3.45. The summed E-state index contributed by atoms with van der Waals surface area (Å²) in [4.78, 5) is 49.5. The van der Waals surface area contributed by atoms with Crippen molar-refractivity contribution in [3.05, 3.63) is 34.3 Å². The molecule has 0 saturated carbocycles. The van der Waals surface area contributed by atoms with Gasteiger partial charge >= 0.3 is 11.9 Å². The van der Waals surface area contributed by atoms with Crippen LogP contribution in [0.4, 0.5) is 0 Å². The van der Waals surface area contributed by atoms with Crippen molar-refractivity contribution in [1.82, 2.24) is 10.2 Å². The third kappa shape index (κ3) is 3.20. The summed E-state index contributed by atoms with van der Waals surface area (Å²) in [5, 5.41) is 20.9. The molecule has 2 heterocycles. The van der Waals surface area contributed by atoms with Gasteiger partial charge in [0.05, 0.1) is 0 Å². The summed E-state index contributed by atoms with van der Waals surface area (Å²) in [5.74, 6) is -5.27. The van der Waals surface area contributed by atoms with Crippen molar-refractivity contribution in [3.63, 3.8) is 0 Å². The van der Waals surface area contributed by atoms with Gasteiger partial charge in [-0.25, -0.2) is 4.79 Å². The monoisotopic (exact) mass is 456 g/mol. The maximum Gasteiger partial charge on any atom is 0.327 e.